The third-order valence-corrected chi connectivity index (χ3v) is 8.40. The Morgan fingerprint density at radius 1 is 1.13 bits per heavy atom. The van der Waals surface area contributed by atoms with E-state index >= 15 is 0 Å². The normalized spacial score (nSPS) is 15.0. The fourth-order valence-electron chi connectivity index (χ4n) is 3.97. The first-order chi connectivity index (χ1) is 18.4. The van der Waals surface area contributed by atoms with Crippen LogP contribution in [0.3, 0.4) is 0 Å². The van der Waals surface area contributed by atoms with Crippen molar-refractivity contribution in [1.29, 1.82) is 0 Å². The van der Waals surface area contributed by atoms with Gasteiger partial charge in [-0.2, -0.15) is 5.10 Å². The third kappa shape index (κ3) is 5.87. The molecule has 0 spiro atoms. The molecule has 0 aliphatic carbocycles. The maximum absolute atomic E-state index is 13.6. The summed E-state index contributed by atoms with van der Waals surface area (Å²) in [6.45, 7) is 0.217. The number of nitrogens with one attached hydrogen (secondary N) is 1. The number of halogens is 2. The number of amides is 2. The van der Waals surface area contributed by atoms with Crippen LogP contribution in [0.1, 0.15) is 39.1 Å². The lowest BCUT2D eigenvalue weighted by Crippen LogP contribution is -2.28. The summed E-state index contributed by atoms with van der Waals surface area (Å²) in [6.07, 6.45) is 0.516. The number of carbonyl (C=O) groups is 2. The molecule has 194 valence electrons. The first-order valence-electron chi connectivity index (χ1n) is 11.6. The van der Waals surface area contributed by atoms with E-state index in [0.29, 0.717) is 22.3 Å². The van der Waals surface area contributed by atoms with Crippen LogP contribution in [-0.2, 0) is 18.4 Å². The molecule has 12 heteroatoms. The Balaban J connectivity index is 1.28. The number of hydrogen-bond donors (Lipinski definition) is 1. The molecule has 0 saturated carbocycles. The number of benzene rings is 2. The highest BCUT2D eigenvalue weighted by Gasteiger charge is 2.33. The van der Waals surface area contributed by atoms with Gasteiger partial charge in [0.25, 0.3) is 11.8 Å². The van der Waals surface area contributed by atoms with Gasteiger partial charge in [-0.15, -0.1) is 21.5 Å². The van der Waals surface area contributed by atoms with E-state index in [2.05, 4.69) is 36.5 Å². The second-order valence-electron chi connectivity index (χ2n) is 8.47. The molecule has 2 aromatic carbocycles. The number of carbonyl (C=O) groups excluding carboxylic acids is 2. The molecule has 1 aliphatic heterocycles. The van der Waals surface area contributed by atoms with Gasteiger partial charge in [-0.05, 0) is 46.8 Å². The molecule has 2 aromatic heterocycles. The molecule has 0 radical (unpaired) electrons. The highest BCUT2D eigenvalue weighted by atomic mass is 79.9. The smallest absolute Gasteiger partial charge is 0.261 e. The number of rotatable bonds is 8. The van der Waals surface area contributed by atoms with Crippen LogP contribution in [0, 0.1) is 5.82 Å². The minimum Gasteiger partial charge on any atom is -0.344 e. The van der Waals surface area contributed by atoms with Gasteiger partial charge in [0.05, 0.1) is 28.9 Å². The van der Waals surface area contributed by atoms with Crippen molar-refractivity contribution in [1.82, 2.24) is 25.1 Å². The Kier molecular flexibility index (Phi) is 8.01. The second-order valence-corrected chi connectivity index (χ2v) is 11.3. The van der Waals surface area contributed by atoms with Crippen molar-refractivity contribution in [3.05, 3.63) is 98.2 Å². The molecule has 5 rings (SSSR count). The molecule has 4 aromatic rings. The van der Waals surface area contributed by atoms with Gasteiger partial charge in [0.15, 0.2) is 11.0 Å². The van der Waals surface area contributed by atoms with E-state index in [0.717, 1.165) is 21.3 Å². The van der Waals surface area contributed by atoms with Crippen molar-refractivity contribution in [2.24, 2.45) is 12.1 Å². The zero-order valence-electron chi connectivity index (χ0n) is 20.2. The highest BCUT2D eigenvalue weighted by Crippen LogP contribution is 2.34. The van der Waals surface area contributed by atoms with Crippen LogP contribution in [0.15, 0.2) is 80.8 Å². The van der Waals surface area contributed by atoms with E-state index in [-0.39, 0.29) is 36.0 Å². The van der Waals surface area contributed by atoms with Crippen LogP contribution in [0.2, 0.25) is 0 Å². The van der Waals surface area contributed by atoms with Gasteiger partial charge >= 0.3 is 0 Å². The third-order valence-electron chi connectivity index (χ3n) is 6.00. The number of hydrogen-bond acceptors (Lipinski definition) is 7. The van der Waals surface area contributed by atoms with Crippen LogP contribution in [0.4, 0.5) is 4.39 Å². The first-order valence-corrected chi connectivity index (χ1v) is 14.3. The lowest BCUT2D eigenvalue weighted by molar-refractivity contribution is -0.130. The molecule has 0 unspecified atom stereocenters. The van der Waals surface area contributed by atoms with E-state index in [1.165, 1.54) is 40.2 Å². The molecule has 8 nitrogen and oxygen atoms in total. The highest BCUT2D eigenvalue weighted by molar-refractivity contribution is 9.10. The topological polar surface area (TPSA) is 92.5 Å². The summed E-state index contributed by atoms with van der Waals surface area (Å²) >= 11 is 6.06. The Morgan fingerprint density at radius 3 is 2.61 bits per heavy atom. The lowest BCUT2D eigenvalue weighted by atomic mass is 9.98. The minimum atomic E-state index is -0.343. The predicted octanol–water partition coefficient (Wildman–Crippen LogP) is 5.18. The van der Waals surface area contributed by atoms with Gasteiger partial charge in [0.2, 0.25) is 0 Å². The summed E-state index contributed by atoms with van der Waals surface area (Å²) in [6, 6.07) is 17.2. The average Bonchev–Trinajstić information content (AvgIpc) is 3.68. The number of thioether (sulfide) groups is 1. The lowest BCUT2D eigenvalue weighted by Gasteiger charge is -2.22. The molecule has 1 N–H and O–H groups in total. The van der Waals surface area contributed by atoms with Crippen LogP contribution in [0.25, 0.3) is 0 Å². The summed E-state index contributed by atoms with van der Waals surface area (Å²) in [7, 11) is 1.79. The molecule has 0 fully saturated rings. The summed E-state index contributed by atoms with van der Waals surface area (Å²) in [5.41, 5.74) is 2.52. The number of thiophene rings is 1. The van der Waals surface area contributed by atoms with Crippen molar-refractivity contribution in [2.45, 2.75) is 24.2 Å². The quantitative estimate of drug-likeness (QED) is 0.277. The number of nitrogens with zero attached hydrogens (tertiary/aromatic N) is 5. The van der Waals surface area contributed by atoms with Crippen molar-refractivity contribution in [3.63, 3.8) is 0 Å². The predicted molar refractivity (Wildman–Crippen MR) is 148 cm³/mol. The van der Waals surface area contributed by atoms with Gasteiger partial charge in [0, 0.05) is 17.9 Å². The molecule has 0 saturated heterocycles. The summed E-state index contributed by atoms with van der Waals surface area (Å²) in [4.78, 5) is 26.2. The summed E-state index contributed by atoms with van der Waals surface area (Å²) in [5.74, 6) is -0.0492. The Morgan fingerprint density at radius 2 is 1.89 bits per heavy atom. The SMILES string of the molecule is Cn1c(CNC(=O)c2cccs2)nnc1SCC(=O)N1N=C(c2ccc(Br)cc2)C[C@H]1c1ccc(F)cc1. The van der Waals surface area contributed by atoms with E-state index in [4.69, 9.17) is 0 Å². The van der Waals surface area contributed by atoms with E-state index in [1.54, 1.807) is 29.8 Å². The fourth-order valence-corrected chi connectivity index (χ4v) is 5.66. The Bertz CT molecular complexity index is 1470. The molecule has 0 bridgehead atoms. The number of aromatic nitrogens is 3. The molecule has 1 atom stereocenters. The standard InChI is InChI=1S/C26H22BrFN6O2S2/c1-33-23(14-29-25(36)22-3-2-12-37-22)30-31-26(33)38-15-24(35)34-21(17-6-10-19(28)11-7-17)13-20(32-34)16-4-8-18(27)9-5-16/h2-12,21H,13-15H2,1H3,(H,29,36)/t21-/m0/s1. The van der Waals surface area contributed by atoms with Crippen LogP contribution in [-0.4, -0.2) is 43.1 Å². The van der Waals surface area contributed by atoms with Crippen molar-refractivity contribution in [2.75, 3.05) is 5.75 Å². The molecular formula is C26H22BrFN6O2S2. The average molecular weight is 614 g/mol. The van der Waals surface area contributed by atoms with Gasteiger partial charge in [0.1, 0.15) is 5.82 Å². The molecule has 3 heterocycles. The number of hydrazone groups is 1. The Hall–Kier alpha value is -3.35. The van der Waals surface area contributed by atoms with Gasteiger partial charge < -0.3 is 9.88 Å². The van der Waals surface area contributed by atoms with Gasteiger partial charge in [-0.25, -0.2) is 9.40 Å². The fraction of sp³-hybridized carbons (Fsp3) is 0.192. The summed E-state index contributed by atoms with van der Waals surface area (Å²) in [5, 5.41) is 19.7. The summed E-state index contributed by atoms with van der Waals surface area (Å²) < 4.78 is 16.3. The molecule has 38 heavy (non-hydrogen) atoms. The zero-order valence-corrected chi connectivity index (χ0v) is 23.4. The minimum absolute atomic E-state index is 0.0857. The largest absolute Gasteiger partial charge is 0.344 e. The molecule has 1 aliphatic rings. The van der Waals surface area contributed by atoms with Crippen molar-refractivity contribution < 1.29 is 14.0 Å². The van der Waals surface area contributed by atoms with Crippen molar-refractivity contribution in [3.8, 4) is 0 Å². The molecular weight excluding hydrogens is 591 g/mol. The monoisotopic (exact) mass is 612 g/mol. The van der Waals surface area contributed by atoms with E-state index in [9.17, 15) is 14.0 Å². The maximum Gasteiger partial charge on any atom is 0.261 e. The van der Waals surface area contributed by atoms with Crippen LogP contribution < -0.4 is 5.32 Å². The van der Waals surface area contributed by atoms with Crippen LogP contribution in [0.5, 0.6) is 0 Å². The van der Waals surface area contributed by atoms with Crippen molar-refractivity contribution >= 4 is 56.6 Å². The van der Waals surface area contributed by atoms with E-state index < -0.39 is 0 Å². The zero-order chi connectivity index (χ0) is 26.6. The van der Waals surface area contributed by atoms with Crippen LogP contribution >= 0.6 is 39.0 Å². The maximum atomic E-state index is 13.6. The van der Waals surface area contributed by atoms with E-state index in [1.807, 2.05) is 35.7 Å². The second kappa shape index (κ2) is 11.6. The van der Waals surface area contributed by atoms with Gasteiger partial charge in [-0.1, -0.05) is 58.0 Å². The van der Waals surface area contributed by atoms with Gasteiger partial charge in [-0.3, -0.25) is 9.59 Å². The molecule has 2 amide bonds. The first kappa shape index (κ1) is 26.3. The Labute approximate surface area is 235 Å².